The summed E-state index contributed by atoms with van der Waals surface area (Å²) >= 11 is 0. The third kappa shape index (κ3) is 3.79. The molecule has 0 fully saturated rings. The predicted molar refractivity (Wildman–Crippen MR) is 65.9 cm³/mol. The molecule has 0 bridgehead atoms. The standard InChI is InChI=1S/C10H20N4O2S/c1-3-5-6-12-7-9-8-13-14(4-2)10(9)17(11,15)16/h8,12H,3-7H2,1-2H3,(H2,11,15,16). The lowest BCUT2D eigenvalue weighted by molar-refractivity contribution is 0.548. The Bertz CT molecular complexity index is 453. The lowest BCUT2D eigenvalue weighted by Crippen LogP contribution is -2.22. The van der Waals surface area contributed by atoms with Crippen molar-refractivity contribution in [2.24, 2.45) is 5.14 Å². The molecule has 1 rings (SSSR count). The molecule has 0 aliphatic carbocycles. The smallest absolute Gasteiger partial charge is 0.255 e. The Kier molecular flexibility index (Phi) is 5.10. The Balaban J connectivity index is 2.82. The van der Waals surface area contributed by atoms with E-state index in [9.17, 15) is 8.42 Å². The first-order valence-electron chi connectivity index (χ1n) is 5.78. The van der Waals surface area contributed by atoms with Gasteiger partial charge in [0.15, 0.2) is 5.03 Å². The first kappa shape index (κ1) is 14.1. The Morgan fingerprint density at radius 2 is 2.18 bits per heavy atom. The zero-order chi connectivity index (χ0) is 12.9. The number of hydrogen-bond donors (Lipinski definition) is 2. The van der Waals surface area contributed by atoms with Gasteiger partial charge in [-0.1, -0.05) is 13.3 Å². The van der Waals surface area contributed by atoms with Crippen molar-refractivity contribution in [3.8, 4) is 0 Å². The summed E-state index contributed by atoms with van der Waals surface area (Å²) in [5.74, 6) is 0. The first-order chi connectivity index (χ1) is 8.00. The van der Waals surface area contributed by atoms with Crippen molar-refractivity contribution < 1.29 is 8.42 Å². The number of primary sulfonamides is 1. The van der Waals surface area contributed by atoms with Crippen LogP contribution >= 0.6 is 0 Å². The van der Waals surface area contributed by atoms with E-state index in [2.05, 4.69) is 17.3 Å². The fourth-order valence-corrected chi connectivity index (χ4v) is 2.57. The van der Waals surface area contributed by atoms with Crippen molar-refractivity contribution in [2.45, 2.75) is 44.8 Å². The van der Waals surface area contributed by atoms with E-state index in [1.54, 1.807) is 6.20 Å². The van der Waals surface area contributed by atoms with E-state index >= 15 is 0 Å². The molecule has 0 aliphatic heterocycles. The number of rotatable bonds is 7. The maximum absolute atomic E-state index is 11.5. The minimum absolute atomic E-state index is 0.115. The van der Waals surface area contributed by atoms with Gasteiger partial charge >= 0.3 is 0 Å². The SMILES string of the molecule is CCCCNCc1cnn(CC)c1S(N)(=O)=O. The summed E-state index contributed by atoms with van der Waals surface area (Å²) in [5, 5.41) is 12.5. The van der Waals surface area contributed by atoms with Crippen LogP contribution in [0.5, 0.6) is 0 Å². The molecular weight excluding hydrogens is 240 g/mol. The topological polar surface area (TPSA) is 90.0 Å². The summed E-state index contributed by atoms with van der Waals surface area (Å²) in [6.07, 6.45) is 3.72. The van der Waals surface area contributed by atoms with Gasteiger partial charge in [-0.15, -0.1) is 0 Å². The summed E-state index contributed by atoms with van der Waals surface area (Å²) in [6.45, 7) is 5.76. The molecule has 0 atom stereocenters. The molecule has 98 valence electrons. The molecule has 0 aromatic carbocycles. The Morgan fingerprint density at radius 1 is 1.47 bits per heavy atom. The minimum atomic E-state index is -3.72. The van der Waals surface area contributed by atoms with Crippen LogP contribution < -0.4 is 10.5 Å². The normalized spacial score (nSPS) is 11.9. The van der Waals surface area contributed by atoms with Gasteiger partial charge in [0, 0.05) is 18.7 Å². The summed E-state index contributed by atoms with van der Waals surface area (Å²) in [5.41, 5.74) is 0.630. The van der Waals surface area contributed by atoms with Crippen molar-refractivity contribution in [1.82, 2.24) is 15.1 Å². The molecule has 6 nitrogen and oxygen atoms in total. The minimum Gasteiger partial charge on any atom is -0.313 e. The Labute approximate surface area is 102 Å². The monoisotopic (exact) mass is 260 g/mol. The van der Waals surface area contributed by atoms with Crippen LogP contribution in [0.1, 0.15) is 32.3 Å². The summed E-state index contributed by atoms with van der Waals surface area (Å²) in [6, 6.07) is 0. The molecule has 17 heavy (non-hydrogen) atoms. The third-order valence-corrected chi connectivity index (χ3v) is 3.47. The van der Waals surface area contributed by atoms with E-state index < -0.39 is 10.0 Å². The number of nitrogens with one attached hydrogen (secondary N) is 1. The number of nitrogens with two attached hydrogens (primary N) is 1. The molecule has 0 spiro atoms. The summed E-state index contributed by atoms with van der Waals surface area (Å²) < 4.78 is 24.4. The zero-order valence-corrected chi connectivity index (χ0v) is 11.1. The molecule has 0 unspecified atom stereocenters. The second-order valence-electron chi connectivity index (χ2n) is 3.87. The highest BCUT2D eigenvalue weighted by Crippen LogP contribution is 2.13. The van der Waals surface area contributed by atoms with Gasteiger partial charge in [-0.3, -0.25) is 4.68 Å². The number of sulfonamides is 1. The predicted octanol–water partition coefficient (Wildman–Crippen LogP) is 0.440. The maximum Gasteiger partial charge on any atom is 0.255 e. The van der Waals surface area contributed by atoms with Gasteiger partial charge in [0.05, 0.1) is 6.20 Å². The number of hydrogen-bond acceptors (Lipinski definition) is 4. The highest BCUT2D eigenvalue weighted by molar-refractivity contribution is 7.89. The van der Waals surface area contributed by atoms with Crippen molar-refractivity contribution in [1.29, 1.82) is 0 Å². The van der Waals surface area contributed by atoms with E-state index in [4.69, 9.17) is 5.14 Å². The molecule has 0 amide bonds. The van der Waals surface area contributed by atoms with Crippen LogP contribution in [0.2, 0.25) is 0 Å². The van der Waals surface area contributed by atoms with E-state index in [1.807, 2.05) is 6.92 Å². The van der Waals surface area contributed by atoms with Crippen LogP contribution in [-0.4, -0.2) is 24.7 Å². The van der Waals surface area contributed by atoms with Crippen molar-refractivity contribution >= 4 is 10.0 Å². The molecule has 0 aliphatic rings. The van der Waals surface area contributed by atoms with Crippen LogP contribution in [0.15, 0.2) is 11.2 Å². The third-order valence-electron chi connectivity index (χ3n) is 2.45. The van der Waals surface area contributed by atoms with E-state index in [0.717, 1.165) is 19.4 Å². The van der Waals surface area contributed by atoms with Crippen molar-refractivity contribution in [3.05, 3.63) is 11.8 Å². The number of unbranched alkanes of at least 4 members (excludes halogenated alkanes) is 1. The van der Waals surface area contributed by atoms with E-state index in [0.29, 0.717) is 18.7 Å². The quantitative estimate of drug-likeness (QED) is 0.696. The van der Waals surface area contributed by atoms with Crippen LogP contribution in [0, 0.1) is 0 Å². The van der Waals surface area contributed by atoms with Crippen LogP contribution in [0.4, 0.5) is 0 Å². The lowest BCUT2D eigenvalue weighted by atomic mass is 10.3. The second-order valence-corrected chi connectivity index (χ2v) is 5.34. The molecule has 0 saturated carbocycles. The zero-order valence-electron chi connectivity index (χ0n) is 10.3. The molecule has 1 heterocycles. The molecule has 1 aromatic rings. The Morgan fingerprint density at radius 3 is 2.71 bits per heavy atom. The van der Waals surface area contributed by atoms with Gasteiger partial charge in [0.2, 0.25) is 0 Å². The molecule has 3 N–H and O–H groups in total. The molecule has 0 saturated heterocycles. The summed E-state index contributed by atoms with van der Waals surface area (Å²) in [7, 11) is -3.72. The van der Waals surface area contributed by atoms with Gasteiger partial charge < -0.3 is 5.32 Å². The first-order valence-corrected chi connectivity index (χ1v) is 7.33. The fraction of sp³-hybridized carbons (Fsp3) is 0.700. The van der Waals surface area contributed by atoms with Gasteiger partial charge in [-0.2, -0.15) is 5.10 Å². The molecule has 7 heteroatoms. The van der Waals surface area contributed by atoms with E-state index in [1.165, 1.54) is 4.68 Å². The van der Waals surface area contributed by atoms with Gasteiger partial charge in [-0.25, -0.2) is 13.6 Å². The molecule has 0 radical (unpaired) electrons. The average molecular weight is 260 g/mol. The largest absolute Gasteiger partial charge is 0.313 e. The van der Waals surface area contributed by atoms with Crippen molar-refractivity contribution in [2.75, 3.05) is 6.54 Å². The van der Waals surface area contributed by atoms with Gasteiger partial charge in [0.25, 0.3) is 10.0 Å². The number of aryl methyl sites for hydroxylation is 1. The molecule has 1 aromatic heterocycles. The Hall–Kier alpha value is -0.920. The maximum atomic E-state index is 11.5. The van der Waals surface area contributed by atoms with Gasteiger partial charge in [0.1, 0.15) is 0 Å². The average Bonchev–Trinajstić information content (AvgIpc) is 2.67. The lowest BCUT2D eigenvalue weighted by Gasteiger charge is -2.06. The fourth-order valence-electron chi connectivity index (χ4n) is 1.61. The molecular formula is C10H20N4O2S. The highest BCUT2D eigenvalue weighted by atomic mass is 32.2. The summed E-state index contributed by atoms with van der Waals surface area (Å²) in [4.78, 5) is 0. The highest BCUT2D eigenvalue weighted by Gasteiger charge is 2.19. The number of nitrogens with zero attached hydrogens (tertiary/aromatic N) is 2. The van der Waals surface area contributed by atoms with Gasteiger partial charge in [-0.05, 0) is 19.9 Å². The van der Waals surface area contributed by atoms with Crippen LogP contribution in [0.25, 0.3) is 0 Å². The number of aromatic nitrogens is 2. The van der Waals surface area contributed by atoms with Crippen LogP contribution in [0.3, 0.4) is 0 Å². The second kappa shape index (κ2) is 6.13. The van der Waals surface area contributed by atoms with Crippen LogP contribution in [-0.2, 0) is 23.1 Å². The van der Waals surface area contributed by atoms with E-state index in [-0.39, 0.29) is 5.03 Å². The van der Waals surface area contributed by atoms with Crippen molar-refractivity contribution in [3.63, 3.8) is 0 Å².